The van der Waals surface area contributed by atoms with Gasteiger partial charge in [0.05, 0.1) is 19.9 Å². The van der Waals surface area contributed by atoms with Gasteiger partial charge in [0, 0.05) is 29.3 Å². The van der Waals surface area contributed by atoms with Gasteiger partial charge in [-0.3, -0.25) is 5.10 Å². The quantitative estimate of drug-likeness (QED) is 0.537. The number of nitrogens with two attached hydrogens (primary N) is 1. The number of aromatic nitrogens is 2. The summed E-state index contributed by atoms with van der Waals surface area (Å²) in [5, 5.41) is 11.3. The van der Waals surface area contributed by atoms with Crippen LogP contribution in [0.5, 0.6) is 11.5 Å². The predicted octanol–water partition coefficient (Wildman–Crippen LogP) is 4.19. The first-order chi connectivity index (χ1) is 13.7. The van der Waals surface area contributed by atoms with E-state index in [1.807, 2.05) is 24.3 Å². The molecule has 6 nitrogen and oxygen atoms in total. The Bertz CT molecular complexity index is 996. The first-order valence-electron chi connectivity index (χ1n) is 9.59. The van der Waals surface area contributed by atoms with Gasteiger partial charge >= 0.3 is 0 Å². The zero-order valence-corrected chi connectivity index (χ0v) is 16.5. The van der Waals surface area contributed by atoms with Crippen molar-refractivity contribution in [1.29, 1.82) is 0 Å². The topological polar surface area (TPSA) is 85.2 Å². The Morgan fingerprint density at radius 2 is 1.93 bits per heavy atom. The van der Waals surface area contributed by atoms with Crippen LogP contribution in [0, 0.1) is 0 Å². The molecular formula is C22H26N4O2. The maximum Gasteiger partial charge on any atom is 0.161 e. The number of hydrogen-bond donors (Lipinski definition) is 3. The van der Waals surface area contributed by atoms with Crippen LogP contribution in [-0.2, 0) is 6.42 Å². The van der Waals surface area contributed by atoms with Crippen molar-refractivity contribution in [3.8, 4) is 22.8 Å². The van der Waals surface area contributed by atoms with E-state index in [1.54, 1.807) is 14.2 Å². The summed E-state index contributed by atoms with van der Waals surface area (Å²) in [6, 6.07) is 12.1. The largest absolute Gasteiger partial charge is 0.493 e. The van der Waals surface area contributed by atoms with Gasteiger partial charge in [0.2, 0.25) is 0 Å². The molecule has 0 saturated carbocycles. The standard InChI is InChI=1S/C22H26N4O2/c1-4-15-16-11-18(27-2)19(28-3)12-17(16)21-20(15)22(26-25-21)24-9-8-13-6-5-7-14(23)10-13/h5-7,10-12,15H,4,8-9,23H2,1-3H3,(H2,24,25,26). The van der Waals surface area contributed by atoms with Gasteiger partial charge in [0.25, 0.3) is 0 Å². The van der Waals surface area contributed by atoms with E-state index in [1.165, 1.54) is 16.7 Å². The fourth-order valence-corrected chi connectivity index (χ4v) is 4.08. The molecule has 6 heteroatoms. The van der Waals surface area contributed by atoms with Crippen LogP contribution < -0.4 is 20.5 Å². The van der Waals surface area contributed by atoms with Crippen molar-refractivity contribution in [2.75, 3.05) is 31.8 Å². The molecule has 1 aliphatic carbocycles. The number of H-pyrrole nitrogens is 1. The van der Waals surface area contributed by atoms with Crippen LogP contribution in [0.15, 0.2) is 36.4 Å². The Labute approximate surface area is 165 Å². The molecule has 0 radical (unpaired) electrons. The van der Waals surface area contributed by atoms with Crippen molar-refractivity contribution in [2.45, 2.75) is 25.7 Å². The average Bonchev–Trinajstić information content (AvgIpc) is 3.24. The second-order valence-corrected chi connectivity index (χ2v) is 7.04. The van der Waals surface area contributed by atoms with Gasteiger partial charge in [-0.15, -0.1) is 0 Å². The molecule has 4 N–H and O–H groups in total. The molecule has 0 spiro atoms. The van der Waals surface area contributed by atoms with Gasteiger partial charge < -0.3 is 20.5 Å². The van der Waals surface area contributed by atoms with Crippen molar-refractivity contribution < 1.29 is 9.47 Å². The fraction of sp³-hybridized carbons (Fsp3) is 0.318. The number of rotatable bonds is 7. The number of anilines is 2. The van der Waals surface area contributed by atoms with Crippen LogP contribution in [0.2, 0.25) is 0 Å². The second kappa shape index (κ2) is 7.46. The van der Waals surface area contributed by atoms with Gasteiger partial charge in [-0.1, -0.05) is 19.1 Å². The molecule has 0 saturated heterocycles. The number of benzene rings is 2. The summed E-state index contributed by atoms with van der Waals surface area (Å²) >= 11 is 0. The summed E-state index contributed by atoms with van der Waals surface area (Å²) in [5.74, 6) is 2.68. The van der Waals surface area contributed by atoms with Gasteiger partial charge in [-0.2, -0.15) is 5.10 Å². The van der Waals surface area contributed by atoms with Crippen LogP contribution in [0.1, 0.15) is 36.0 Å². The third kappa shape index (κ3) is 3.05. The van der Waals surface area contributed by atoms with Crippen molar-refractivity contribution in [3.05, 3.63) is 53.1 Å². The summed E-state index contributed by atoms with van der Waals surface area (Å²) in [6.45, 7) is 2.99. The van der Waals surface area contributed by atoms with Gasteiger partial charge in [-0.25, -0.2) is 0 Å². The maximum atomic E-state index is 5.87. The molecule has 0 aliphatic heterocycles. The molecule has 146 valence electrons. The van der Waals surface area contributed by atoms with Crippen LogP contribution in [0.4, 0.5) is 11.5 Å². The lowest BCUT2D eigenvalue weighted by molar-refractivity contribution is 0.354. The first kappa shape index (κ1) is 18.2. The Balaban J connectivity index is 1.60. The van der Waals surface area contributed by atoms with Crippen molar-refractivity contribution in [3.63, 3.8) is 0 Å². The van der Waals surface area contributed by atoms with Gasteiger partial charge in [0.1, 0.15) is 0 Å². The van der Waals surface area contributed by atoms with Gasteiger partial charge in [0.15, 0.2) is 17.3 Å². The van der Waals surface area contributed by atoms with Crippen molar-refractivity contribution >= 4 is 11.5 Å². The van der Waals surface area contributed by atoms with E-state index in [-0.39, 0.29) is 5.92 Å². The average molecular weight is 378 g/mol. The molecule has 4 rings (SSSR count). The number of nitrogen functional groups attached to an aromatic ring is 1. The summed E-state index contributed by atoms with van der Waals surface area (Å²) in [5.41, 5.74) is 12.6. The lowest BCUT2D eigenvalue weighted by atomic mass is 9.94. The molecule has 0 amide bonds. The monoisotopic (exact) mass is 378 g/mol. The first-order valence-corrected chi connectivity index (χ1v) is 9.59. The normalized spacial score (nSPS) is 14.5. The summed E-state index contributed by atoms with van der Waals surface area (Å²) in [4.78, 5) is 0. The van der Waals surface area contributed by atoms with E-state index >= 15 is 0 Å². The number of ether oxygens (including phenoxy) is 2. The lowest BCUT2D eigenvalue weighted by Crippen LogP contribution is -2.08. The van der Waals surface area contributed by atoms with E-state index in [9.17, 15) is 0 Å². The van der Waals surface area contributed by atoms with Crippen LogP contribution in [0.3, 0.4) is 0 Å². The smallest absolute Gasteiger partial charge is 0.161 e. The second-order valence-electron chi connectivity index (χ2n) is 7.04. The van der Waals surface area contributed by atoms with Crippen molar-refractivity contribution in [1.82, 2.24) is 10.2 Å². The number of hydrogen-bond acceptors (Lipinski definition) is 5. The Morgan fingerprint density at radius 3 is 2.64 bits per heavy atom. The van der Waals surface area contributed by atoms with E-state index < -0.39 is 0 Å². The highest BCUT2D eigenvalue weighted by atomic mass is 16.5. The third-order valence-electron chi connectivity index (χ3n) is 5.42. The van der Waals surface area contributed by atoms with Crippen molar-refractivity contribution in [2.24, 2.45) is 0 Å². The molecule has 1 aliphatic rings. The van der Waals surface area contributed by atoms with E-state index in [0.29, 0.717) is 0 Å². The molecule has 1 aromatic heterocycles. The molecular weight excluding hydrogens is 352 g/mol. The molecule has 1 atom stereocenters. The zero-order chi connectivity index (χ0) is 19.7. The minimum atomic E-state index is 0.276. The highest BCUT2D eigenvalue weighted by Gasteiger charge is 2.34. The molecule has 3 aromatic rings. The predicted molar refractivity (Wildman–Crippen MR) is 112 cm³/mol. The minimum absolute atomic E-state index is 0.276. The number of methoxy groups -OCH3 is 2. The molecule has 1 heterocycles. The highest BCUT2D eigenvalue weighted by Crippen LogP contribution is 2.51. The van der Waals surface area contributed by atoms with Crippen LogP contribution in [-0.4, -0.2) is 31.0 Å². The fourth-order valence-electron chi connectivity index (χ4n) is 4.08. The SMILES string of the molecule is CCC1c2cc(OC)c(OC)cc2-c2[nH]nc(NCCc3cccc(N)c3)c21. The molecule has 0 fully saturated rings. The lowest BCUT2D eigenvalue weighted by Gasteiger charge is -2.15. The zero-order valence-electron chi connectivity index (χ0n) is 16.5. The van der Waals surface area contributed by atoms with E-state index in [0.717, 1.165) is 53.6 Å². The van der Waals surface area contributed by atoms with E-state index in [4.69, 9.17) is 15.2 Å². The Kier molecular flexibility index (Phi) is 4.86. The van der Waals surface area contributed by atoms with E-state index in [2.05, 4.69) is 34.6 Å². The maximum absolute atomic E-state index is 5.87. The minimum Gasteiger partial charge on any atom is -0.493 e. The third-order valence-corrected chi connectivity index (χ3v) is 5.42. The highest BCUT2D eigenvalue weighted by molar-refractivity contribution is 5.82. The summed E-state index contributed by atoms with van der Waals surface area (Å²) in [6.07, 6.45) is 1.87. The number of fused-ring (bicyclic) bond motifs is 3. The Morgan fingerprint density at radius 1 is 1.14 bits per heavy atom. The summed E-state index contributed by atoms with van der Waals surface area (Å²) < 4.78 is 11.0. The number of nitrogens with one attached hydrogen (secondary N) is 2. The number of nitrogens with zero attached hydrogens (tertiary/aromatic N) is 1. The molecule has 0 bridgehead atoms. The number of aromatic amines is 1. The molecule has 28 heavy (non-hydrogen) atoms. The van der Waals surface area contributed by atoms with Gasteiger partial charge in [-0.05, 0) is 48.2 Å². The summed E-state index contributed by atoms with van der Waals surface area (Å²) in [7, 11) is 3.33. The van der Waals surface area contributed by atoms with Crippen LogP contribution >= 0.6 is 0 Å². The Hall–Kier alpha value is -3.15. The van der Waals surface area contributed by atoms with Crippen LogP contribution in [0.25, 0.3) is 11.3 Å². The molecule has 1 unspecified atom stereocenters. The molecule has 2 aromatic carbocycles.